The van der Waals surface area contributed by atoms with Gasteiger partial charge in [-0.05, 0) is 19.1 Å². The van der Waals surface area contributed by atoms with Gasteiger partial charge in [-0.25, -0.2) is 4.98 Å². The molecule has 5 nitrogen and oxygen atoms in total. The molecule has 1 unspecified atom stereocenters. The van der Waals surface area contributed by atoms with E-state index >= 15 is 0 Å². The van der Waals surface area contributed by atoms with Crippen molar-refractivity contribution in [2.45, 2.75) is 13.0 Å². The number of thiazole rings is 1. The van der Waals surface area contributed by atoms with Crippen LogP contribution in [0.1, 0.15) is 18.7 Å². The monoisotopic (exact) mass is 291 g/mol. The lowest BCUT2D eigenvalue weighted by molar-refractivity contribution is -0.122. The van der Waals surface area contributed by atoms with Crippen molar-refractivity contribution in [3.63, 3.8) is 0 Å². The van der Waals surface area contributed by atoms with Crippen LogP contribution in [0.4, 0.5) is 5.69 Å². The summed E-state index contributed by atoms with van der Waals surface area (Å²) in [4.78, 5) is 15.4. The topological polar surface area (TPSA) is 63.2 Å². The SMILES string of the molecule is CNC(=O)COc1cccc(NC(C)c2cscn2)c1. The fourth-order valence-corrected chi connectivity index (χ4v) is 2.30. The highest BCUT2D eigenvalue weighted by molar-refractivity contribution is 7.07. The Morgan fingerprint density at radius 2 is 2.35 bits per heavy atom. The number of carbonyl (C=O) groups excluding carboxylic acids is 1. The van der Waals surface area contributed by atoms with E-state index in [0.717, 1.165) is 11.4 Å². The van der Waals surface area contributed by atoms with Crippen LogP contribution in [0.5, 0.6) is 5.75 Å². The van der Waals surface area contributed by atoms with Crippen molar-refractivity contribution in [3.05, 3.63) is 40.8 Å². The molecule has 20 heavy (non-hydrogen) atoms. The summed E-state index contributed by atoms with van der Waals surface area (Å²) < 4.78 is 5.41. The minimum atomic E-state index is -0.154. The van der Waals surface area contributed by atoms with Crippen molar-refractivity contribution in [3.8, 4) is 5.75 Å². The third kappa shape index (κ3) is 3.96. The lowest BCUT2D eigenvalue weighted by Crippen LogP contribution is -2.24. The Morgan fingerprint density at radius 1 is 1.50 bits per heavy atom. The predicted octanol–water partition coefficient (Wildman–Crippen LogP) is 2.44. The molecular formula is C14H17N3O2S. The van der Waals surface area contributed by atoms with E-state index in [1.165, 1.54) is 0 Å². The summed E-state index contributed by atoms with van der Waals surface area (Å²) in [6.07, 6.45) is 0. The van der Waals surface area contributed by atoms with Crippen molar-refractivity contribution >= 4 is 22.9 Å². The Hall–Kier alpha value is -2.08. The predicted molar refractivity (Wildman–Crippen MR) is 80.2 cm³/mol. The van der Waals surface area contributed by atoms with Gasteiger partial charge >= 0.3 is 0 Å². The van der Waals surface area contributed by atoms with E-state index in [1.807, 2.05) is 42.1 Å². The molecule has 0 spiro atoms. The van der Waals surface area contributed by atoms with Crippen LogP contribution in [0.25, 0.3) is 0 Å². The summed E-state index contributed by atoms with van der Waals surface area (Å²) in [5, 5.41) is 7.88. The average molecular weight is 291 g/mol. The molecule has 106 valence electrons. The Morgan fingerprint density at radius 3 is 3.05 bits per heavy atom. The number of benzene rings is 1. The van der Waals surface area contributed by atoms with Crippen molar-refractivity contribution in [1.82, 2.24) is 10.3 Å². The maximum atomic E-state index is 11.1. The first-order valence-corrected chi connectivity index (χ1v) is 7.21. The van der Waals surface area contributed by atoms with Gasteiger partial charge in [0.05, 0.1) is 17.2 Å². The van der Waals surface area contributed by atoms with Gasteiger partial charge in [0.1, 0.15) is 5.75 Å². The minimum absolute atomic E-state index is 0.0155. The van der Waals surface area contributed by atoms with Gasteiger partial charge in [-0.15, -0.1) is 11.3 Å². The number of nitrogens with one attached hydrogen (secondary N) is 2. The van der Waals surface area contributed by atoms with Crippen LogP contribution < -0.4 is 15.4 Å². The summed E-state index contributed by atoms with van der Waals surface area (Å²) in [6, 6.07) is 7.65. The van der Waals surface area contributed by atoms with Crippen LogP contribution in [-0.4, -0.2) is 24.5 Å². The van der Waals surface area contributed by atoms with E-state index in [1.54, 1.807) is 18.4 Å². The molecule has 2 N–H and O–H groups in total. The average Bonchev–Trinajstić information content (AvgIpc) is 2.99. The number of rotatable bonds is 6. The highest BCUT2D eigenvalue weighted by Gasteiger charge is 2.08. The molecule has 1 aromatic carbocycles. The number of aromatic nitrogens is 1. The van der Waals surface area contributed by atoms with Gasteiger partial charge in [0.15, 0.2) is 6.61 Å². The third-order valence-electron chi connectivity index (χ3n) is 2.76. The number of hydrogen-bond acceptors (Lipinski definition) is 5. The lowest BCUT2D eigenvalue weighted by atomic mass is 10.2. The molecule has 2 aromatic rings. The largest absolute Gasteiger partial charge is 0.484 e. The third-order valence-corrected chi connectivity index (χ3v) is 3.37. The van der Waals surface area contributed by atoms with E-state index < -0.39 is 0 Å². The lowest BCUT2D eigenvalue weighted by Gasteiger charge is -2.14. The molecule has 1 heterocycles. The highest BCUT2D eigenvalue weighted by Crippen LogP contribution is 2.22. The second-order valence-corrected chi connectivity index (χ2v) is 4.99. The highest BCUT2D eigenvalue weighted by atomic mass is 32.1. The van der Waals surface area contributed by atoms with Gasteiger partial charge in [0, 0.05) is 24.2 Å². The van der Waals surface area contributed by atoms with Crippen molar-refractivity contribution in [2.75, 3.05) is 19.0 Å². The smallest absolute Gasteiger partial charge is 0.257 e. The second kappa shape index (κ2) is 6.91. The van der Waals surface area contributed by atoms with E-state index in [2.05, 4.69) is 15.6 Å². The van der Waals surface area contributed by atoms with E-state index in [9.17, 15) is 4.79 Å². The molecule has 1 amide bonds. The number of anilines is 1. The molecule has 0 bridgehead atoms. The first-order chi connectivity index (χ1) is 9.69. The van der Waals surface area contributed by atoms with Crippen LogP contribution in [0.3, 0.4) is 0 Å². The van der Waals surface area contributed by atoms with E-state index in [4.69, 9.17) is 4.74 Å². The number of hydrogen-bond donors (Lipinski definition) is 2. The zero-order valence-electron chi connectivity index (χ0n) is 11.4. The normalized spacial score (nSPS) is 11.7. The Bertz CT molecular complexity index is 557. The number of nitrogens with zero attached hydrogens (tertiary/aromatic N) is 1. The van der Waals surface area contributed by atoms with Crippen LogP contribution >= 0.6 is 11.3 Å². The van der Waals surface area contributed by atoms with E-state index in [0.29, 0.717) is 5.75 Å². The van der Waals surface area contributed by atoms with E-state index in [-0.39, 0.29) is 18.6 Å². The molecule has 0 aliphatic carbocycles. The zero-order chi connectivity index (χ0) is 14.4. The first-order valence-electron chi connectivity index (χ1n) is 6.27. The molecule has 0 saturated carbocycles. The molecule has 1 aromatic heterocycles. The van der Waals surface area contributed by atoms with Crippen molar-refractivity contribution in [2.24, 2.45) is 0 Å². The minimum Gasteiger partial charge on any atom is -0.484 e. The van der Waals surface area contributed by atoms with Crippen LogP contribution in [0, 0.1) is 0 Å². The molecule has 0 saturated heterocycles. The molecular weight excluding hydrogens is 274 g/mol. The summed E-state index contributed by atoms with van der Waals surface area (Å²) in [6.45, 7) is 2.06. The maximum absolute atomic E-state index is 11.1. The van der Waals surface area contributed by atoms with Gasteiger partial charge in [0.25, 0.3) is 5.91 Å². The number of ether oxygens (including phenoxy) is 1. The van der Waals surface area contributed by atoms with Crippen molar-refractivity contribution in [1.29, 1.82) is 0 Å². The van der Waals surface area contributed by atoms with Crippen LogP contribution in [0.15, 0.2) is 35.2 Å². The number of likely N-dealkylation sites (N-methyl/N-ethyl adjacent to an activating group) is 1. The number of carbonyl (C=O) groups is 1. The second-order valence-electron chi connectivity index (χ2n) is 4.27. The van der Waals surface area contributed by atoms with Crippen LogP contribution in [0.2, 0.25) is 0 Å². The maximum Gasteiger partial charge on any atom is 0.257 e. The van der Waals surface area contributed by atoms with Crippen LogP contribution in [-0.2, 0) is 4.79 Å². The standard InChI is InChI=1S/C14H17N3O2S/c1-10(13-8-20-9-16-13)17-11-4-3-5-12(6-11)19-7-14(18)15-2/h3-6,8-10,17H,7H2,1-2H3,(H,15,18). The molecule has 0 fully saturated rings. The van der Waals surface area contributed by atoms with Crippen molar-refractivity contribution < 1.29 is 9.53 Å². The summed E-state index contributed by atoms with van der Waals surface area (Å²) >= 11 is 1.58. The molecule has 0 aliphatic heterocycles. The summed E-state index contributed by atoms with van der Waals surface area (Å²) in [7, 11) is 1.58. The molecule has 1 atom stereocenters. The fourth-order valence-electron chi connectivity index (χ4n) is 1.66. The Balaban J connectivity index is 1.97. The van der Waals surface area contributed by atoms with Gasteiger partial charge in [-0.2, -0.15) is 0 Å². The molecule has 0 aliphatic rings. The zero-order valence-corrected chi connectivity index (χ0v) is 12.2. The fraction of sp³-hybridized carbons (Fsp3) is 0.286. The van der Waals surface area contributed by atoms with Gasteiger partial charge in [0.2, 0.25) is 0 Å². The molecule has 6 heteroatoms. The summed E-state index contributed by atoms with van der Waals surface area (Å²) in [5.41, 5.74) is 3.75. The number of amides is 1. The Labute approximate surface area is 122 Å². The van der Waals surface area contributed by atoms with Gasteiger partial charge in [-0.1, -0.05) is 6.07 Å². The van der Waals surface area contributed by atoms with Gasteiger partial charge < -0.3 is 15.4 Å². The Kier molecular flexibility index (Phi) is 4.95. The summed E-state index contributed by atoms with van der Waals surface area (Å²) in [5.74, 6) is 0.503. The first kappa shape index (κ1) is 14.3. The molecule has 2 rings (SSSR count). The molecule has 0 radical (unpaired) electrons. The quantitative estimate of drug-likeness (QED) is 0.858. The van der Waals surface area contributed by atoms with Gasteiger partial charge in [-0.3, -0.25) is 4.79 Å².